The average molecular weight is 216 g/mol. The van der Waals surface area contributed by atoms with E-state index < -0.39 is 0 Å². The minimum atomic E-state index is 0.813. The third-order valence-electron chi connectivity index (χ3n) is 2.32. The molecule has 4 nitrogen and oxygen atoms in total. The summed E-state index contributed by atoms with van der Waals surface area (Å²) in [5, 5.41) is 11.6. The molecule has 1 aromatic carbocycles. The van der Waals surface area contributed by atoms with Gasteiger partial charge in [0, 0.05) is 11.9 Å². The van der Waals surface area contributed by atoms with Crippen molar-refractivity contribution in [2.75, 3.05) is 7.11 Å². The molecule has 4 heteroatoms. The molecule has 0 fully saturated rings. The Morgan fingerprint density at radius 2 is 2.00 bits per heavy atom. The van der Waals surface area contributed by atoms with Gasteiger partial charge in [-0.1, -0.05) is 5.16 Å². The fourth-order valence-corrected chi connectivity index (χ4v) is 1.54. The fraction of sp³-hybridized carbons (Fsp3) is 0.0833. The largest absolute Gasteiger partial charge is 0.497 e. The smallest absolute Gasteiger partial charge is 0.119 e. The molecule has 1 N–H and O–H groups in total. The first kappa shape index (κ1) is 10.3. The summed E-state index contributed by atoms with van der Waals surface area (Å²) in [4.78, 5) is 0. The quantitative estimate of drug-likeness (QED) is 0.486. The second kappa shape index (κ2) is 4.53. The molecule has 0 aliphatic carbocycles. The van der Waals surface area contributed by atoms with Crippen LogP contribution in [0.2, 0.25) is 0 Å². The van der Waals surface area contributed by atoms with Crippen molar-refractivity contribution < 1.29 is 9.94 Å². The highest BCUT2D eigenvalue weighted by molar-refractivity contribution is 5.78. The molecule has 0 amide bonds. The van der Waals surface area contributed by atoms with Crippen LogP contribution < -0.4 is 4.74 Å². The number of aromatic nitrogens is 1. The van der Waals surface area contributed by atoms with E-state index in [-0.39, 0.29) is 0 Å². The number of hydrogen-bond acceptors (Lipinski definition) is 3. The van der Waals surface area contributed by atoms with Crippen LogP contribution in [0.15, 0.2) is 47.8 Å². The second-order valence-corrected chi connectivity index (χ2v) is 3.25. The van der Waals surface area contributed by atoms with Crippen molar-refractivity contribution in [2.24, 2.45) is 5.16 Å². The van der Waals surface area contributed by atoms with E-state index in [1.54, 1.807) is 7.11 Å². The summed E-state index contributed by atoms with van der Waals surface area (Å²) in [6, 6.07) is 11.4. The Morgan fingerprint density at radius 3 is 2.62 bits per heavy atom. The van der Waals surface area contributed by atoms with Gasteiger partial charge in [0.05, 0.1) is 19.0 Å². The van der Waals surface area contributed by atoms with Gasteiger partial charge in [-0.05, 0) is 36.4 Å². The Hall–Kier alpha value is -2.23. The van der Waals surface area contributed by atoms with Gasteiger partial charge in [0.1, 0.15) is 5.75 Å². The van der Waals surface area contributed by atoms with E-state index in [0.717, 1.165) is 17.1 Å². The molecule has 1 heterocycles. The van der Waals surface area contributed by atoms with Crippen molar-refractivity contribution in [3.8, 4) is 11.4 Å². The summed E-state index contributed by atoms with van der Waals surface area (Å²) in [5.74, 6) is 0.813. The molecule has 0 spiro atoms. The first-order chi connectivity index (χ1) is 7.85. The molecule has 0 bridgehead atoms. The summed E-state index contributed by atoms with van der Waals surface area (Å²) in [6.45, 7) is 0. The first-order valence-corrected chi connectivity index (χ1v) is 4.84. The zero-order valence-electron chi connectivity index (χ0n) is 8.87. The number of ether oxygens (including phenoxy) is 1. The van der Waals surface area contributed by atoms with Gasteiger partial charge in [-0.25, -0.2) is 0 Å². The van der Waals surface area contributed by atoms with Gasteiger partial charge in [0.25, 0.3) is 0 Å². The fourth-order valence-electron chi connectivity index (χ4n) is 1.54. The van der Waals surface area contributed by atoms with Crippen LogP contribution >= 0.6 is 0 Å². The number of nitrogens with zero attached hydrogens (tertiary/aromatic N) is 2. The summed E-state index contributed by atoms with van der Waals surface area (Å²) < 4.78 is 7.00. The van der Waals surface area contributed by atoms with Crippen molar-refractivity contribution >= 4 is 6.21 Å². The van der Waals surface area contributed by atoms with E-state index in [2.05, 4.69) is 5.16 Å². The van der Waals surface area contributed by atoms with Crippen molar-refractivity contribution in [2.45, 2.75) is 0 Å². The maximum absolute atomic E-state index is 8.53. The molecule has 2 aromatic rings. The van der Waals surface area contributed by atoms with Gasteiger partial charge in [-0.3, -0.25) is 0 Å². The Balaban J connectivity index is 2.38. The lowest BCUT2D eigenvalue weighted by Crippen LogP contribution is -1.97. The Bertz CT molecular complexity index is 486. The highest BCUT2D eigenvalue weighted by Crippen LogP contribution is 2.16. The lowest BCUT2D eigenvalue weighted by atomic mass is 10.3. The number of methoxy groups -OCH3 is 1. The van der Waals surface area contributed by atoms with E-state index in [1.807, 2.05) is 47.2 Å². The van der Waals surface area contributed by atoms with Crippen LogP contribution in [0.4, 0.5) is 0 Å². The molecule has 0 unspecified atom stereocenters. The number of oxime groups is 1. The van der Waals surface area contributed by atoms with Gasteiger partial charge in [0.15, 0.2) is 0 Å². The molecule has 82 valence electrons. The maximum atomic E-state index is 8.53. The molecule has 0 atom stereocenters. The lowest BCUT2D eigenvalue weighted by Gasteiger charge is -2.06. The van der Waals surface area contributed by atoms with Crippen molar-refractivity contribution in [1.82, 2.24) is 4.57 Å². The van der Waals surface area contributed by atoms with E-state index >= 15 is 0 Å². The van der Waals surface area contributed by atoms with Gasteiger partial charge in [-0.2, -0.15) is 0 Å². The Labute approximate surface area is 93.4 Å². The van der Waals surface area contributed by atoms with Crippen molar-refractivity contribution in [3.63, 3.8) is 0 Å². The lowest BCUT2D eigenvalue weighted by molar-refractivity contribution is 0.321. The summed E-state index contributed by atoms with van der Waals surface area (Å²) in [6.07, 6.45) is 3.29. The monoisotopic (exact) mass is 216 g/mol. The third kappa shape index (κ3) is 1.91. The molecule has 0 aliphatic heterocycles. The van der Waals surface area contributed by atoms with E-state index in [9.17, 15) is 0 Å². The second-order valence-electron chi connectivity index (χ2n) is 3.25. The predicted octanol–water partition coefficient (Wildman–Crippen LogP) is 2.29. The van der Waals surface area contributed by atoms with E-state index in [0.29, 0.717) is 0 Å². The first-order valence-electron chi connectivity index (χ1n) is 4.84. The van der Waals surface area contributed by atoms with Crippen LogP contribution in [0, 0.1) is 0 Å². The van der Waals surface area contributed by atoms with Crippen molar-refractivity contribution in [3.05, 3.63) is 48.3 Å². The standard InChI is InChI=1S/C12H12N2O2/c1-16-12-6-4-10(5-7-12)14-8-2-3-11(14)9-13-15/h2-9,15H,1H3/b13-9-. The zero-order valence-corrected chi connectivity index (χ0v) is 8.87. The molecule has 0 saturated heterocycles. The van der Waals surface area contributed by atoms with Gasteiger partial charge >= 0.3 is 0 Å². The zero-order chi connectivity index (χ0) is 11.4. The van der Waals surface area contributed by atoms with E-state index in [1.165, 1.54) is 6.21 Å². The Morgan fingerprint density at radius 1 is 1.25 bits per heavy atom. The molecular formula is C12H12N2O2. The number of hydrogen-bond donors (Lipinski definition) is 1. The van der Waals surface area contributed by atoms with Crippen LogP contribution in [0.5, 0.6) is 5.75 Å². The van der Waals surface area contributed by atoms with Gasteiger partial charge in [-0.15, -0.1) is 0 Å². The van der Waals surface area contributed by atoms with E-state index in [4.69, 9.17) is 9.94 Å². The molecule has 1 aromatic heterocycles. The molecule has 2 rings (SSSR count). The highest BCUT2D eigenvalue weighted by atomic mass is 16.5. The number of benzene rings is 1. The van der Waals surface area contributed by atoms with Crippen LogP contribution in [0.25, 0.3) is 5.69 Å². The summed E-state index contributed by atoms with van der Waals surface area (Å²) in [5.41, 5.74) is 1.80. The molecule has 0 aliphatic rings. The maximum Gasteiger partial charge on any atom is 0.119 e. The van der Waals surface area contributed by atoms with Gasteiger partial charge in [0.2, 0.25) is 0 Å². The normalized spacial score (nSPS) is 10.8. The van der Waals surface area contributed by atoms with Crippen LogP contribution in [0.3, 0.4) is 0 Å². The summed E-state index contributed by atoms with van der Waals surface area (Å²) >= 11 is 0. The van der Waals surface area contributed by atoms with Crippen molar-refractivity contribution in [1.29, 1.82) is 0 Å². The third-order valence-corrected chi connectivity index (χ3v) is 2.32. The minimum absolute atomic E-state index is 0.813. The highest BCUT2D eigenvalue weighted by Gasteiger charge is 2.01. The topological polar surface area (TPSA) is 46.8 Å². The van der Waals surface area contributed by atoms with Gasteiger partial charge < -0.3 is 14.5 Å². The summed E-state index contributed by atoms with van der Waals surface area (Å²) in [7, 11) is 1.63. The van der Waals surface area contributed by atoms with Crippen LogP contribution in [0.1, 0.15) is 5.69 Å². The molecular weight excluding hydrogens is 204 g/mol. The molecule has 0 radical (unpaired) electrons. The van der Waals surface area contributed by atoms with Crippen LogP contribution in [-0.2, 0) is 0 Å². The molecule has 0 saturated carbocycles. The minimum Gasteiger partial charge on any atom is -0.497 e. The Kier molecular flexibility index (Phi) is 2.91. The SMILES string of the molecule is COc1ccc(-n2cccc2/C=N\O)cc1. The van der Waals surface area contributed by atoms with Crippen LogP contribution in [-0.4, -0.2) is 23.1 Å². The average Bonchev–Trinajstić information content (AvgIpc) is 2.78. The molecule has 16 heavy (non-hydrogen) atoms. The number of rotatable bonds is 3. The predicted molar refractivity (Wildman–Crippen MR) is 61.7 cm³/mol.